The predicted octanol–water partition coefficient (Wildman–Crippen LogP) is 0.157. The zero-order chi connectivity index (χ0) is 12.1. The average molecular weight is 226 g/mol. The molecule has 1 aromatic heterocycles. The van der Waals surface area contributed by atoms with Gasteiger partial charge in [-0.05, 0) is 6.42 Å². The maximum atomic E-state index is 11.9. The lowest BCUT2D eigenvalue weighted by atomic mass is 10.2. The molecule has 1 heterocycles. The van der Waals surface area contributed by atoms with E-state index in [9.17, 15) is 4.79 Å². The Hall–Kier alpha value is -1.56. The van der Waals surface area contributed by atoms with Gasteiger partial charge >= 0.3 is 0 Å². The summed E-state index contributed by atoms with van der Waals surface area (Å²) in [5.41, 5.74) is 6.42. The van der Waals surface area contributed by atoms with E-state index >= 15 is 0 Å². The fourth-order valence-corrected chi connectivity index (χ4v) is 1.45. The van der Waals surface area contributed by atoms with Crippen LogP contribution in [-0.4, -0.2) is 35.4 Å². The predicted molar refractivity (Wildman–Crippen MR) is 61.0 cm³/mol. The number of hydrogen-bond donors (Lipinski definition) is 2. The van der Waals surface area contributed by atoms with Crippen molar-refractivity contribution in [3.05, 3.63) is 11.9 Å². The minimum Gasteiger partial charge on any atom is -0.396 e. The number of aromatic nitrogens is 2. The molecular weight excluding hydrogens is 208 g/mol. The molecule has 0 radical (unpaired) electrons. The van der Waals surface area contributed by atoms with E-state index in [1.165, 1.54) is 10.9 Å². The highest BCUT2D eigenvalue weighted by molar-refractivity contribution is 5.97. The molecular formula is C10H18N4O2. The minimum atomic E-state index is -0.221. The summed E-state index contributed by atoms with van der Waals surface area (Å²) in [6.07, 6.45) is 2.27. The zero-order valence-electron chi connectivity index (χ0n) is 9.86. The van der Waals surface area contributed by atoms with Crippen LogP contribution in [-0.2, 0) is 11.8 Å². The van der Waals surface area contributed by atoms with Crippen molar-refractivity contribution in [2.24, 2.45) is 7.05 Å². The number of carbonyl (C=O) groups is 1. The van der Waals surface area contributed by atoms with Crippen LogP contribution in [0.1, 0.15) is 23.8 Å². The minimum absolute atomic E-state index is 0.00759. The first kappa shape index (κ1) is 12.5. The van der Waals surface area contributed by atoms with E-state index < -0.39 is 0 Å². The molecule has 0 bridgehead atoms. The number of nitrogens with two attached hydrogens (primary N) is 1. The maximum Gasteiger partial charge on any atom is 0.271 e. The Morgan fingerprint density at radius 1 is 1.75 bits per heavy atom. The van der Waals surface area contributed by atoms with Crippen LogP contribution in [0.25, 0.3) is 0 Å². The van der Waals surface area contributed by atoms with Gasteiger partial charge in [0.25, 0.3) is 5.91 Å². The van der Waals surface area contributed by atoms with Gasteiger partial charge in [0, 0.05) is 14.2 Å². The Balaban J connectivity index is 2.71. The number of carbonyl (C=O) groups excluding carboxylic acids is 1. The SMILES string of the molecule is CCC(COC)NC(=O)c1c(N)cnn1C. The number of ether oxygens (including phenoxy) is 1. The van der Waals surface area contributed by atoms with Crippen LogP contribution < -0.4 is 11.1 Å². The molecule has 0 saturated carbocycles. The van der Waals surface area contributed by atoms with E-state index in [4.69, 9.17) is 10.5 Å². The molecule has 3 N–H and O–H groups in total. The van der Waals surface area contributed by atoms with Crippen molar-refractivity contribution in [3.63, 3.8) is 0 Å². The molecule has 0 saturated heterocycles. The van der Waals surface area contributed by atoms with Crippen LogP contribution in [0.2, 0.25) is 0 Å². The number of methoxy groups -OCH3 is 1. The van der Waals surface area contributed by atoms with Crippen molar-refractivity contribution in [3.8, 4) is 0 Å². The van der Waals surface area contributed by atoms with E-state index in [1.54, 1.807) is 14.2 Å². The maximum absolute atomic E-state index is 11.9. The van der Waals surface area contributed by atoms with Gasteiger partial charge in [-0.1, -0.05) is 6.92 Å². The van der Waals surface area contributed by atoms with Crippen molar-refractivity contribution >= 4 is 11.6 Å². The lowest BCUT2D eigenvalue weighted by Gasteiger charge is -2.16. The van der Waals surface area contributed by atoms with Crippen LogP contribution in [0.5, 0.6) is 0 Å². The largest absolute Gasteiger partial charge is 0.396 e. The Morgan fingerprint density at radius 3 is 2.88 bits per heavy atom. The highest BCUT2D eigenvalue weighted by Crippen LogP contribution is 2.09. The molecule has 90 valence electrons. The summed E-state index contributed by atoms with van der Waals surface area (Å²) in [4.78, 5) is 11.9. The molecule has 1 unspecified atom stereocenters. The zero-order valence-corrected chi connectivity index (χ0v) is 9.86. The first-order valence-electron chi connectivity index (χ1n) is 5.17. The average Bonchev–Trinajstić information content (AvgIpc) is 2.57. The van der Waals surface area contributed by atoms with Gasteiger partial charge in [0.2, 0.25) is 0 Å². The summed E-state index contributed by atoms with van der Waals surface area (Å²) in [7, 11) is 3.29. The molecule has 0 spiro atoms. The fraction of sp³-hybridized carbons (Fsp3) is 0.600. The first-order valence-corrected chi connectivity index (χ1v) is 5.17. The lowest BCUT2D eigenvalue weighted by Crippen LogP contribution is -2.38. The molecule has 0 aromatic carbocycles. The number of hydrogen-bond acceptors (Lipinski definition) is 4. The molecule has 6 heteroatoms. The Morgan fingerprint density at radius 2 is 2.44 bits per heavy atom. The standard InChI is InChI=1S/C10H18N4O2/c1-4-7(6-16-3)13-10(15)9-8(11)5-12-14(9)2/h5,7H,4,6,11H2,1-3H3,(H,13,15). The van der Waals surface area contributed by atoms with E-state index in [0.717, 1.165) is 6.42 Å². The van der Waals surface area contributed by atoms with Gasteiger partial charge in [0.15, 0.2) is 0 Å². The van der Waals surface area contributed by atoms with E-state index in [2.05, 4.69) is 10.4 Å². The summed E-state index contributed by atoms with van der Waals surface area (Å²) < 4.78 is 6.47. The number of aryl methyl sites for hydroxylation is 1. The van der Waals surface area contributed by atoms with Crippen LogP contribution in [0.3, 0.4) is 0 Å². The number of amides is 1. The molecule has 0 aliphatic carbocycles. The Kier molecular flexibility index (Phi) is 4.30. The summed E-state index contributed by atoms with van der Waals surface area (Å²) in [5.74, 6) is -0.221. The van der Waals surface area contributed by atoms with Gasteiger partial charge in [-0.3, -0.25) is 9.48 Å². The van der Waals surface area contributed by atoms with Crippen LogP contribution >= 0.6 is 0 Å². The number of nitrogen functional groups attached to an aromatic ring is 1. The monoisotopic (exact) mass is 226 g/mol. The molecule has 6 nitrogen and oxygen atoms in total. The van der Waals surface area contributed by atoms with E-state index in [1.807, 2.05) is 6.92 Å². The van der Waals surface area contributed by atoms with Crippen molar-refractivity contribution < 1.29 is 9.53 Å². The lowest BCUT2D eigenvalue weighted by molar-refractivity contribution is 0.0886. The molecule has 16 heavy (non-hydrogen) atoms. The van der Waals surface area contributed by atoms with Gasteiger partial charge < -0.3 is 15.8 Å². The number of nitrogens with one attached hydrogen (secondary N) is 1. The normalized spacial score (nSPS) is 12.4. The number of rotatable bonds is 5. The van der Waals surface area contributed by atoms with Gasteiger partial charge in [-0.15, -0.1) is 0 Å². The summed E-state index contributed by atoms with van der Waals surface area (Å²) in [5, 5.41) is 6.76. The first-order chi connectivity index (χ1) is 7.60. The number of nitrogens with zero attached hydrogens (tertiary/aromatic N) is 2. The highest BCUT2D eigenvalue weighted by Gasteiger charge is 2.17. The molecule has 1 atom stereocenters. The topological polar surface area (TPSA) is 82.2 Å². The second-order valence-corrected chi connectivity index (χ2v) is 3.61. The van der Waals surface area contributed by atoms with Crippen molar-refractivity contribution in [1.82, 2.24) is 15.1 Å². The molecule has 1 rings (SSSR count). The highest BCUT2D eigenvalue weighted by atomic mass is 16.5. The Bertz CT molecular complexity index is 342. The van der Waals surface area contributed by atoms with Gasteiger partial charge in [-0.2, -0.15) is 5.10 Å². The summed E-state index contributed by atoms with van der Waals surface area (Å²) in [6.45, 7) is 2.47. The smallest absolute Gasteiger partial charge is 0.271 e. The van der Waals surface area contributed by atoms with Gasteiger partial charge in [0.1, 0.15) is 5.69 Å². The number of anilines is 1. The molecule has 1 aromatic rings. The third kappa shape index (κ3) is 2.73. The third-order valence-corrected chi connectivity index (χ3v) is 2.38. The van der Waals surface area contributed by atoms with Crippen molar-refractivity contribution in [2.75, 3.05) is 19.5 Å². The second kappa shape index (κ2) is 5.50. The molecule has 0 fully saturated rings. The van der Waals surface area contributed by atoms with Gasteiger partial charge in [-0.25, -0.2) is 0 Å². The van der Waals surface area contributed by atoms with Gasteiger partial charge in [0.05, 0.1) is 24.5 Å². The third-order valence-electron chi connectivity index (χ3n) is 2.38. The van der Waals surface area contributed by atoms with E-state index in [-0.39, 0.29) is 11.9 Å². The second-order valence-electron chi connectivity index (χ2n) is 3.61. The van der Waals surface area contributed by atoms with Crippen LogP contribution in [0.4, 0.5) is 5.69 Å². The summed E-state index contributed by atoms with van der Waals surface area (Å²) in [6, 6.07) is -0.00759. The van der Waals surface area contributed by atoms with Crippen LogP contribution in [0.15, 0.2) is 6.20 Å². The van der Waals surface area contributed by atoms with E-state index in [0.29, 0.717) is 18.0 Å². The van der Waals surface area contributed by atoms with Crippen LogP contribution in [0, 0.1) is 0 Å². The summed E-state index contributed by atoms with van der Waals surface area (Å²) >= 11 is 0. The quantitative estimate of drug-likeness (QED) is 0.749. The Labute approximate surface area is 94.8 Å². The molecule has 1 amide bonds. The fourth-order valence-electron chi connectivity index (χ4n) is 1.45. The van der Waals surface area contributed by atoms with Crippen molar-refractivity contribution in [1.29, 1.82) is 0 Å². The molecule has 0 aliphatic rings. The van der Waals surface area contributed by atoms with Crippen molar-refractivity contribution in [2.45, 2.75) is 19.4 Å². The molecule has 0 aliphatic heterocycles.